The van der Waals surface area contributed by atoms with Gasteiger partial charge in [-0.2, -0.15) is 0 Å². The highest BCUT2D eigenvalue weighted by atomic mass is 14.2. The van der Waals surface area contributed by atoms with Gasteiger partial charge in [0.1, 0.15) is 0 Å². The zero-order valence-corrected chi connectivity index (χ0v) is 31.5. The van der Waals surface area contributed by atoms with Crippen molar-refractivity contribution in [2.24, 2.45) is 0 Å². The summed E-state index contributed by atoms with van der Waals surface area (Å²) < 4.78 is 0. The van der Waals surface area contributed by atoms with Crippen LogP contribution in [0.15, 0.2) is 194 Å². The molecular weight excluding hydrogens is 673 g/mol. The highest BCUT2D eigenvalue weighted by Crippen LogP contribution is 2.43. The number of hydrogen-bond donors (Lipinski definition) is 0. The van der Waals surface area contributed by atoms with Crippen LogP contribution < -0.4 is 0 Å². The van der Waals surface area contributed by atoms with Gasteiger partial charge in [-0.3, -0.25) is 0 Å². The van der Waals surface area contributed by atoms with E-state index in [9.17, 15) is 0 Å². The van der Waals surface area contributed by atoms with Crippen LogP contribution in [0.3, 0.4) is 0 Å². The lowest BCUT2D eigenvalue weighted by Crippen LogP contribution is -1.92. The van der Waals surface area contributed by atoms with E-state index in [1.165, 1.54) is 120 Å². The van der Waals surface area contributed by atoms with Crippen molar-refractivity contribution < 1.29 is 0 Å². The largest absolute Gasteiger partial charge is 0.0622 e. The van der Waals surface area contributed by atoms with Crippen molar-refractivity contribution >= 4 is 64.6 Å². The summed E-state index contributed by atoms with van der Waals surface area (Å²) in [5, 5.41) is 15.5. The zero-order chi connectivity index (χ0) is 37.3. The summed E-state index contributed by atoms with van der Waals surface area (Å²) in [6, 6.07) is 72.0. The van der Waals surface area contributed by atoms with Gasteiger partial charge in [0.2, 0.25) is 0 Å². The predicted octanol–water partition coefficient (Wildman–Crippen LogP) is 15.9. The smallest absolute Gasteiger partial charge is 0.00635 e. The highest BCUT2D eigenvalue weighted by Gasteiger charge is 2.16. The van der Waals surface area contributed by atoms with Crippen molar-refractivity contribution in [3.8, 4) is 44.5 Å². The summed E-state index contributed by atoms with van der Waals surface area (Å²) in [5.74, 6) is 0. The van der Waals surface area contributed by atoms with Gasteiger partial charge < -0.3 is 0 Å². The first kappa shape index (κ1) is 32.4. The third-order valence-corrected chi connectivity index (χ3v) is 12.1. The fourth-order valence-electron chi connectivity index (χ4n) is 9.35. The molecule has 0 heteroatoms. The van der Waals surface area contributed by atoms with Crippen LogP contribution in [0.4, 0.5) is 0 Å². The van der Waals surface area contributed by atoms with Crippen molar-refractivity contribution in [1.82, 2.24) is 0 Å². The molecule has 0 heterocycles. The minimum atomic E-state index is 1.22. The Bertz CT molecular complexity index is 3370. The van der Waals surface area contributed by atoms with E-state index in [1.807, 2.05) is 0 Å². The summed E-state index contributed by atoms with van der Waals surface area (Å²) in [4.78, 5) is 0. The number of rotatable bonds is 4. The fourth-order valence-corrected chi connectivity index (χ4v) is 9.35. The van der Waals surface area contributed by atoms with E-state index < -0.39 is 0 Å². The van der Waals surface area contributed by atoms with E-state index in [1.54, 1.807) is 0 Å². The first-order valence-corrected chi connectivity index (χ1v) is 19.6. The maximum Gasteiger partial charge on any atom is -0.00635 e. The summed E-state index contributed by atoms with van der Waals surface area (Å²) in [6.45, 7) is 4.55. The molecule has 0 aliphatic carbocycles. The second kappa shape index (κ2) is 12.8. The molecule has 0 saturated heterocycles. The van der Waals surface area contributed by atoms with E-state index in [0.29, 0.717) is 0 Å². The Balaban J connectivity index is 1.05. The molecule has 0 aromatic heterocycles. The third-order valence-electron chi connectivity index (χ3n) is 12.1. The topological polar surface area (TPSA) is 0 Å². The molecule has 56 heavy (non-hydrogen) atoms. The molecule has 262 valence electrons. The standard InChI is InChI=1S/C56H38/c1-35-30-39-14-6-7-15-42(39)32-53(35)45-28-29-51-47-18-8-9-19-49(47)55-34-44(25-27-52(55)56(51)36(45)2)41-17-10-16-40(31-41)43-23-22-38-24-26-50-46(37-12-4-3-5-13-37)20-11-21-48(50)54(38)33-43/h3-34H,1-2H3. The van der Waals surface area contributed by atoms with Gasteiger partial charge >= 0.3 is 0 Å². The maximum atomic E-state index is 2.42. The number of aryl methyl sites for hydroxylation is 2. The summed E-state index contributed by atoms with van der Waals surface area (Å²) >= 11 is 0. The molecule has 0 atom stereocenters. The number of benzene rings is 11. The van der Waals surface area contributed by atoms with Crippen LogP contribution in [0.2, 0.25) is 0 Å². The van der Waals surface area contributed by atoms with Gasteiger partial charge in [0.15, 0.2) is 0 Å². The van der Waals surface area contributed by atoms with Crippen LogP contribution in [0.5, 0.6) is 0 Å². The second-order valence-electron chi connectivity index (χ2n) is 15.3. The van der Waals surface area contributed by atoms with Crippen LogP contribution in [0.1, 0.15) is 11.1 Å². The fraction of sp³-hybridized carbons (Fsp3) is 0.0357. The molecule has 0 N–H and O–H groups in total. The molecular formula is C56H38. The van der Waals surface area contributed by atoms with E-state index in [0.717, 1.165) is 0 Å². The van der Waals surface area contributed by atoms with E-state index >= 15 is 0 Å². The molecule has 11 aromatic carbocycles. The van der Waals surface area contributed by atoms with Crippen molar-refractivity contribution in [3.63, 3.8) is 0 Å². The normalized spacial score (nSPS) is 11.8. The highest BCUT2D eigenvalue weighted by molar-refractivity contribution is 6.27. The zero-order valence-electron chi connectivity index (χ0n) is 31.5. The molecule has 0 aliphatic rings. The number of fused-ring (bicyclic) bond motifs is 10. The van der Waals surface area contributed by atoms with Gasteiger partial charge in [-0.25, -0.2) is 0 Å². The van der Waals surface area contributed by atoms with Gasteiger partial charge in [0.25, 0.3) is 0 Å². The van der Waals surface area contributed by atoms with Crippen LogP contribution in [-0.2, 0) is 0 Å². The molecule has 11 aromatic rings. The van der Waals surface area contributed by atoms with Gasteiger partial charge in [-0.05, 0) is 158 Å². The molecule has 0 radical (unpaired) electrons. The van der Waals surface area contributed by atoms with Gasteiger partial charge in [-0.1, -0.05) is 170 Å². The van der Waals surface area contributed by atoms with E-state index in [2.05, 4.69) is 208 Å². The molecule has 0 nitrogen and oxygen atoms in total. The SMILES string of the molecule is Cc1cc2ccccc2cc1-c1ccc2c3ccccc3c3cc(-c4cccc(-c5ccc6ccc7c(-c8ccccc8)cccc7c6c5)c4)ccc3c2c1C. The molecule has 0 spiro atoms. The van der Waals surface area contributed by atoms with Gasteiger partial charge in [0, 0.05) is 0 Å². The average molecular weight is 711 g/mol. The van der Waals surface area contributed by atoms with Crippen molar-refractivity contribution in [3.05, 3.63) is 205 Å². The van der Waals surface area contributed by atoms with E-state index in [4.69, 9.17) is 0 Å². The third kappa shape index (κ3) is 5.14. The van der Waals surface area contributed by atoms with Crippen LogP contribution in [0.25, 0.3) is 109 Å². The Morgan fingerprint density at radius 2 is 0.786 bits per heavy atom. The summed E-state index contributed by atoms with van der Waals surface area (Å²) in [6.07, 6.45) is 0. The van der Waals surface area contributed by atoms with Crippen LogP contribution in [0, 0.1) is 13.8 Å². The monoisotopic (exact) mass is 710 g/mol. The predicted molar refractivity (Wildman–Crippen MR) is 243 cm³/mol. The average Bonchev–Trinajstić information content (AvgIpc) is 3.26. The molecule has 0 amide bonds. The Labute approximate surface area is 326 Å². The van der Waals surface area contributed by atoms with Crippen LogP contribution in [-0.4, -0.2) is 0 Å². The second-order valence-corrected chi connectivity index (χ2v) is 15.3. The van der Waals surface area contributed by atoms with Crippen molar-refractivity contribution in [2.75, 3.05) is 0 Å². The van der Waals surface area contributed by atoms with Crippen LogP contribution >= 0.6 is 0 Å². The lowest BCUT2D eigenvalue weighted by atomic mass is 9.86. The Morgan fingerprint density at radius 1 is 0.250 bits per heavy atom. The first-order chi connectivity index (χ1) is 27.6. The molecule has 0 saturated carbocycles. The van der Waals surface area contributed by atoms with Crippen molar-refractivity contribution in [1.29, 1.82) is 0 Å². The minimum Gasteiger partial charge on any atom is -0.0622 e. The number of hydrogen-bond acceptors (Lipinski definition) is 0. The lowest BCUT2D eigenvalue weighted by Gasteiger charge is -2.18. The quantitative estimate of drug-likeness (QED) is 0.160. The lowest BCUT2D eigenvalue weighted by molar-refractivity contribution is 1.45. The molecule has 0 aliphatic heterocycles. The van der Waals surface area contributed by atoms with E-state index in [-0.39, 0.29) is 0 Å². The van der Waals surface area contributed by atoms with Gasteiger partial charge in [-0.15, -0.1) is 0 Å². The first-order valence-electron chi connectivity index (χ1n) is 19.6. The Morgan fingerprint density at radius 3 is 1.59 bits per heavy atom. The molecule has 0 bridgehead atoms. The Hall–Kier alpha value is -7.02. The molecule has 0 unspecified atom stereocenters. The van der Waals surface area contributed by atoms with Gasteiger partial charge in [0.05, 0.1) is 0 Å². The minimum absolute atomic E-state index is 1.22. The summed E-state index contributed by atoms with van der Waals surface area (Å²) in [5.41, 5.74) is 12.6. The molecule has 0 fully saturated rings. The maximum absolute atomic E-state index is 2.42. The summed E-state index contributed by atoms with van der Waals surface area (Å²) in [7, 11) is 0. The Kier molecular flexibility index (Phi) is 7.41. The van der Waals surface area contributed by atoms with Crippen molar-refractivity contribution in [2.45, 2.75) is 13.8 Å². The molecule has 11 rings (SSSR count).